The number of aromatic nitrogens is 1. The standard InChI is InChI=1S/C21H29N3O3S2/c1-14-23-17(13-28-14)18-6-5-16(29-18)7-10-22-19(25)15-8-11-24(12-9-15)20(26)27-21(2,3)4/h5-6,13,15H,7-12H2,1-4H3,(H,22,25). The van der Waals surface area contributed by atoms with Crippen LogP contribution in [-0.4, -0.2) is 47.1 Å². The predicted molar refractivity (Wildman–Crippen MR) is 117 cm³/mol. The molecule has 0 unspecified atom stereocenters. The molecule has 0 radical (unpaired) electrons. The van der Waals surface area contributed by atoms with Crippen LogP contribution in [-0.2, 0) is 16.0 Å². The lowest BCUT2D eigenvalue weighted by Gasteiger charge is -2.32. The van der Waals surface area contributed by atoms with Crippen LogP contribution in [0.15, 0.2) is 17.5 Å². The maximum absolute atomic E-state index is 12.5. The predicted octanol–water partition coefficient (Wildman–Crippen LogP) is 4.49. The molecule has 0 bridgehead atoms. The molecular formula is C21H29N3O3S2. The van der Waals surface area contributed by atoms with Gasteiger partial charge in [-0.2, -0.15) is 0 Å². The Balaban J connectivity index is 1.39. The molecule has 2 aromatic heterocycles. The maximum atomic E-state index is 12.5. The molecule has 2 aromatic rings. The molecule has 0 aliphatic carbocycles. The van der Waals surface area contributed by atoms with Gasteiger partial charge < -0.3 is 15.0 Å². The van der Waals surface area contributed by atoms with Crippen molar-refractivity contribution in [2.75, 3.05) is 19.6 Å². The van der Waals surface area contributed by atoms with E-state index in [4.69, 9.17) is 4.74 Å². The van der Waals surface area contributed by atoms with Gasteiger partial charge in [0.05, 0.1) is 15.6 Å². The van der Waals surface area contributed by atoms with Gasteiger partial charge in [-0.1, -0.05) is 0 Å². The van der Waals surface area contributed by atoms with Gasteiger partial charge in [-0.3, -0.25) is 4.79 Å². The Morgan fingerprint density at radius 2 is 2.00 bits per heavy atom. The smallest absolute Gasteiger partial charge is 0.410 e. The molecule has 6 nitrogen and oxygen atoms in total. The van der Waals surface area contributed by atoms with Gasteiger partial charge in [0.15, 0.2) is 0 Å². The Morgan fingerprint density at radius 1 is 1.28 bits per heavy atom. The van der Waals surface area contributed by atoms with E-state index >= 15 is 0 Å². The van der Waals surface area contributed by atoms with Crippen LogP contribution in [0.2, 0.25) is 0 Å². The first-order chi connectivity index (χ1) is 13.7. The second-order valence-corrected chi connectivity index (χ2v) is 10.5. The van der Waals surface area contributed by atoms with Crippen molar-refractivity contribution in [3.8, 4) is 10.6 Å². The van der Waals surface area contributed by atoms with E-state index in [0.717, 1.165) is 17.1 Å². The lowest BCUT2D eigenvalue weighted by molar-refractivity contribution is -0.126. The van der Waals surface area contributed by atoms with Gasteiger partial charge >= 0.3 is 6.09 Å². The zero-order valence-corrected chi connectivity index (χ0v) is 19.1. The van der Waals surface area contributed by atoms with Crippen LogP contribution in [0.5, 0.6) is 0 Å². The van der Waals surface area contributed by atoms with E-state index in [-0.39, 0.29) is 17.9 Å². The average molecular weight is 436 g/mol. The van der Waals surface area contributed by atoms with Gasteiger partial charge in [0.1, 0.15) is 5.60 Å². The Labute approximate surface area is 180 Å². The van der Waals surface area contributed by atoms with Gasteiger partial charge in [0.25, 0.3) is 0 Å². The number of piperidine rings is 1. The van der Waals surface area contributed by atoms with Crippen LogP contribution in [0.3, 0.4) is 0 Å². The highest BCUT2D eigenvalue weighted by Gasteiger charge is 2.29. The number of rotatable bonds is 5. The van der Waals surface area contributed by atoms with E-state index in [9.17, 15) is 9.59 Å². The highest BCUT2D eigenvalue weighted by molar-refractivity contribution is 7.16. The number of carbonyl (C=O) groups is 2. The summed E-state index contributed by atoms with van der Waals surface area (Å²) in [6.45, 7) is 9.35. The van der Waals surface area contributed by atoms with Gasteiger partial charge in [-0.15, -0.1) is 22.7 Å². The van der Waals surface area contributed by atoms with Crippen LogP contribution in [0.25, 0.3) is 10.6 Å². The molecule has 0 spiro atoms. The maximum Gasteiger partial charge on any atom is 0.410 e. The first-order valence-corrected chi connectivity index (χ1v) is 11.7. The zero-order valence-electron chi connectivity index (χ0n) is 17.5. The molecule has 29 heavy (non-hydrogen) atoms. The van der Waals surface area contributed by atoms with Crippen LogP contribution in [0, 0.1) is 12.8 Å². The minimum Gasteiger partial charge on any atom is -0.444 e. The fourth-order valence-corrected chi connectivity index (χ4v) is 4.89. The normalized spacial score (nSPS) is 15.4. The Kier molecular flexibility index (Phi) is 6.95. The van der Waals surface area contributed by atoms with E-state index in [2.05, 4.69) is 27.8 Å². The summed E-state index contributed by atoms with van der Waals surface area (Å²) in [5.41, 5.74) is 0.537. The molecular weight excluding hydrogens is 406 g/mol. The second kappa shape index (κ2) is 9.26. The third-order valence-electron chi connectivity index (χ3n) is 4.72. The second-order valence-electron chi connectivity index (χ2n) is 8.30. The number of likely N-dealkylation sites (tertiary alicyclic amines) is 1. The first-order valence-electron chi connectivity index (χ1n) is 9.98. The van der Waals surface area contributed by atoms with E-state index in [1.54, 1.807) is 27.6 Å². The Morgan fingerprint density at radius 3 is 2.62 bits per heavy atom. The van der Waals surface area contributed by atoms with E-state index in [1.165, 1.54) is 9.75 Å². The molecule has 8 heteroatoms. The fraction of sp³-hybridized carbons (Fsp3) is 0.571. The topological polar surface area (TPSA) is 71.5 Å². The number of nitrogens with one attached hydrogen (secondary N) is 1. The molecule has 0 saturated carbocycles. The summed E-state index contributed by atoms with van der Waals surface area (Å²) in [4.78, 5) is 33.2. The Bertz CT molecular complexity index is 845. The molecule has 0 aromatic carbocycles. The van der Waals surface area contributed by atoms with Crippen LogP contribution in [0.1, 0.15) is 43.5 Å². The summed E-state index contributed by atoms with van der Waals surface area (Å²) in [5.74, 6) is 0.0475. The summed E-state index contributed by atoms with van der Waals surface area (Å²) in [6.07, 6.45) is 1.88. The van der Waals surface area contributed by atoms with Gasteiger partial charge in [0, 0.05) is 35.8 Å². The van der Waals surface area contributed by atoms with Crippen molar-refractivity contribution in [2.45, 2.75) is 52.6 Å². The minimum absolute atomic E-state index is 0.0365. The number of carbonyl (C=O) groups excluding carboxylic acids is 2. The molecule has 1 N–H and O–H groups in total. The number of aryl methyl sites for hydroxylation is 1. The van der Waals surface area contributed by atoms with Crippen molar-refractivity contribution >= 4 is 34.7 Å². The number of nitrogens with zero attached hydrogens (tertiary/aromatic N) is 2. The number of hydrogen-bond donors (Lipinski definition) is 1. The zero-order chi connectivity index (χ0) is 21.0. The van der Waals surface area contributed by atoms with E-state index < -0.39 is 5.60 Å². The van der Waals surface area contributed by atoms with Crippen LogP contribution < -0.4 is 5.32 Å². The fourth-order valence-electron chi connectivity index (χ4n) is 3.23. The van der Waals surface area contributed by atoms with Crippen LogP contribution >= 0.6 is 22.7 Å². The lowest BCUT2D eigenvalue weighted by atomic mass is 9.96. The summed E-state index contributed by atoms with van der Waals surface area (Å²) in [5, 5.41) is 6.20. The van der Waals surface area contributed by atoms with Crippen molar-refractivity contribution in [2.24, 2.45) is 5.92 Å². The molecule has 3 heterocycles. The molecule has 3 rings (SSSR count). The molecule has 158 valence electrons. The number of thiophene rings is 1. The SMILES string of the molecule is Cc1nc(-c2ccc(CCNC(=O)C3CCN(C(=O)OC(C)(C)C)CC3)s2)cs1. The highest BCUT2D eigenvalue weighted by Crippen LogP contribution is 2.29. The summed E-state index contributed by atoms with van der Waals surface area (Å²) in [7, 11) is 0. The molecule has 1 fully saturated rings. The van der Waals surface area contributed by atoms with Gasteiger partial charge in [0.2, 0.25) is 5.91 Å². The van der Waals surface area contributed by atoms with Crippen molar-refractivity contribution in [3.05, 3.63) is 27.4 Å². The molecule has 2 amide bonds. The molecule has 0 atom stereocenters. The molecule has 1 aliphatic heterocycles. The van der Waals surface area contributed by atoms with Crippen molar-refractivity contribution in [1.82, 2.24) is 15.2 Å². The third kappa shape index (κ3) is 6.27. The van der Waals surface area contributed by atoms with Gasteiger partial charge in [-0.05, 0) is 59.1 Å². The molecule has 1 saturated heterocycles. The number of thiazole rings is 1. The monoisotopic (exact) mass is 435 g/mol. The van der Waals surface area contributed by atoms with E-state index in [1.807, 2.05) is 27.7 Å². The van der Waals surface area contributed by atoms with E-state index in [0.29, 0.717) is 32.5 Å². The number of hydrogen-bond acceptors (Lipinski definition) is 6. The summed E-state index contributed by atoms with van der Waals surface area (Å²) < 4.78 is 5.41. The first kappa shape index (κ1) is 21.8. The summed E-state index contributed by atoms with van der Waals surface area (Å²) >= 11 is 3.39. The lowest BCUT2D eigenvalue weighted by Crippen LogP contribution is -2.45. The van der Waals surface area contributed by atoms with Gasteiger partial charge in [-0.25, -0.2) is 9.78 Å². The van der Waals surface area contributed by atoms with Crippen molar-refractivity contribution < 1.29 is 14.3 Å². The highest BCUT2D eigenvalue weighted by atomic mass is 32.1. The molecule has 1 aliphatic rings. The third-order valence-corrected chi connectivity index (χ3v) is 6.66. The van der Waals surface area contributed by atoms with Crippen LogP contribution in [0.4, 0.5) is 4.79 Å². The van der Waals surface area contributed by atoms with Crippen molar-refractivity contribution in [3.63, 3.8) is 0 Å². The number of ether oxygens (including phenoxy) is 1. The minimum atomic E-state index is -0.495. The Hall–Kier alpha value is -1.93. The number of amides is 2. The van der Waals surface area contributed by atoms with Crippen molar-refractivity contribution in [1.29, 1.82) is 0 Å². The summed E-state index contributed by atoms with van der Waals surface area (Å²) in [6, 6.07) is 4.21. The largest absolute Gasteiger partial charge is 0.444 e. The average Bonchev–Trinajstić information content (AvgIpc) is 3.29. The quantitative estimate of drug-likeness (QED) is 0.751.